The van der Waals surface area contributed by atoms with Gasteiger partial charge in [0.1, 0.15) is 0 Å². The summed E-state index contributed by atoms with van der Waals surface area (Å²) < 4.78 is 211. The molecule has 6 heteroatoms. The lowest BCUT2D eigenvalue weighted by atomic mass is 9.98. The highest BCUT2D eigenvalue weighted by molar-refractivity contribution is 7.26. The van der Waals surface area contributed by atoms with Gasteiger partial charge in [-0.25, -0.2) is 15.0 Å². The fourth-order valence-corrected chi connectivity index (χ4v) is 14.8. The third-order valence-electron chi connectivity index (χ3n) is 12.0. The molecule has 3 heterocycles. The predicted molar refractivity (Wildman–Crippen MR) is 292 cm³/mol. The second-order valence-electron chi connectivity index (χ2n) is 15.7. The van der Waals surface area contributed by atoms with Crippen molar-refractivity contribution < 1.29 is 31.5 Å². The van der Waals surface area contributed by atoms with Crippen LogP contribution in [0.2, 0.25) is 0 Å². The smallest absolute Gasteiger partial charge is 0.179 e. The molecule has 0 aliphatic carbocycles. The van der Waals surface area contributed by atoms with Crippen molar-refractivity contribution in [1.29, 1.82) is 0 Å². The van der Waals surface area contributed by atoms with Crippen molar-refractivity contribution in [2.45, 2.75) is 0 Å². The Labute approximate surface area is 437 Å². The van der Waals surface area contributed by atoms with Gasteiger partial charge in [0.15, 0.2) is 25.5 Å². The van der Waals surface area contributed by atoms with Crippen molar-refractivity contribution in [2.24, 2.45) is 0 Å². The minimum absolute atomic E-state index is 0.0518. The molecule has 0 saturated heterocycles. The van der Waals surface area contributed by atoms with E-state index in [1.165, 1.54) is 0 Å². The predicted octanol–water partition coefficient (Wildman–Crippen LogP) is 13.4. The fraction of sp³-hybridized carbons (Fsp3) is 0. The lowest BCUT2D eigenvalue weighted by molar-refractivity contribution is 1.06. The summed E-state index contributed by atoms with van der Waals surface area (Å²) in [5.74, 6) is -1.58. The summed E-state index contributed by atoms with van der Waals surface area (Å²) in [5.41, 5.74) is -3.80. The standard InChI is InChI=1S/C63H42N4SSi/c1-4-19-46(20-5-1)69(47-21-6-2-7-22-47,48-23-8-3-9-24-48)49-41-39-45(40-42-49)62-64-61(44-37-35-43(36-38-44)50-29-18-34-59-60(50)54-28-13-17-33-58(54)68-59)65-63(66-62)53-27-12-16-32-57(53)67-55-30-14-10-25-51(55)52-26-11-15-31-56(52)67/h1-42H/i10D,11D,12D,13D,14D,15D,16D,17D,18D,25D,26D,27D,28D,29D,30D,31D,32D,33D,34D,35D,36D,37D,38D. The van der Waals surface area contributed by atoms with Crippen LogP contribution in [0, 0.1) is 0 Å². The first-order valence-electron chi connectivity index (χ1n) is 33.0. The molecule has 0 aliphatic heterocycles. The molecule has 0 radical (unpaired) electrons. The molecule has 0 fully saturated rings. The molecule has 0 saturated carbocycles. The zero-order chi connectivity index (χ0) is 65.7. The van der Waals surface area contributed by atoms with Crippen molar-refractivity contribution in [3.05, 3.63) is 254 Å². The van der Waals surface area contributed by atoms with E-state index in [0.29, 0.717) is 0 Å². The average Bonchev–Trinajstić information content (AvgIpc) is 1.50. The van der Waals surface area contributed by atoms with E-state index in [2.05, 4.69) is 36.4 Å². The number of nitrogens with zero attached hydrogens (tertiary/aromatic N) is 4. The number of thiophene rings is 1. The molecule has 0 unspecified atom stereocenters. The molecule has 0 bridgehead atoms. The lowest BCUT2D eigenvalue weighted by Crippen LogP contribution is -2.74. The number of para-hydroxylation sites is 3. The van der Waals surface area contributed by atoms with Crippen LogP contribution in [0.15, 0.2) is 254 Å². The third-order valence-corrected chi connectivity index (χ3v) is 17.8. The molecule has 69 heavy (non-hydrogen) atoms. The third kappa shape index (κ3) is 6.83. The molecular weight excluding hydrogens is 873 g/mol. The van der Waals surface area contributed by atoms with Gasteiger partial charge in [-0.15, -0.1) is 11.3 Å². The average molecular weight is 938 g/mol. The first-order chi connectivity index (χ1) is 43.8. The van der Waals surface area contributed by atoms with E-state index in [1.54, 1.807) is 12.1 Å². The number of fused-ring (bicyclic) bond motifs is 6. The van der Waals surface area contributed by atoms with Crippen LogP contribution >= 0.6 is 11.3 Å². The van der Waals surface area contributed by atoms with E-state index >= 15 is 0 Å². The molecule has 0 aliphatic rings. The van der Waals surface area contributed by atoms with Gasteiger partial charge in [-0.05, 0) is 68.1 Å². The zero-order valence-corrected chi connectivity index (χ0v) is 37.5. The Morgan fingerprint density at radius 3 is 1.45 bits per heavy atom. The molecule has 13 rings (SSSR count). The molecule has 0 spiro atoms. The second kappa shape index (κ2) is 17.0. The Kier molecular flexibility index (Phi) is 5.76. The number of hydrogen-bond acceptors (Lipinski definition) is 4. The minimum atomic E-state index is -3.22. The Morgan fingerprint density at radius 2 is 0.826 bits per heavy atom. The Bertz CT molecular complexity index is 5180. The molecular formula is C63H42N4SSi. The quantitative estimate of drug-likeness (QED) is 0.107. The van der Waals surface area contributed by atoms with Crippen molar-refractivity contribution in [3.63, 3.8) is 0 Å². The molecule has 0 amide bonds. The van der Waals surface area contributed by atoms with Crippen LogP contribution in [0.1, 0.15) is 31.5 Å². The van der Waals surface area contributed by atoms with Crippen molar-refractivity contribution in [2.75, 3.05) is 0 Å². The molecule has 0 N–H and O–H groups in total. The van der Waals surface area contributed by atoms with Crippen LogP contribution in [0.3, 0.4) is 0 Å². The van der Waals surface area contributed by atoms with Gasteiger partial charge in [0.25, 0.3) is 0 Å². The normalized spacial score (nSPS) is 16.4. The zero-order valence-electron chi connectivity index (χ0n) is 58.7. The van der Waals surface area contributed by atoms with Crippen LogP contribution in [-0.4, -0.2) is 27.6 Å². The van der Waals surface area contributed by atoms with Crippen molar-refractivity contribution in [3.8, 4) is 51.0 Å². The highest BCUT2D eigenvalue weighted by Gasteiger charge is 2.41. The minimum Gasteiger partial charge on any atom is -0.309 e. The van der Waals surface area contributed by atoms with Gasteiger partial charge in [0, 0.05) is 47.6 Å². The molecule has 0 atom stereocenters. The number of rotatable bonds is 9. The van der Waals surface area contributed by atoms with E-state index in [0.717, 1.165) is 36.7 Å². The number of aromatic nitrogens is 4. The highest BCUT2D eigenvalue weighted by atomic mass is 32.1. The summed E-state index contributed by atoms with van der Waals surface area (Å²) in [5, 5.41) is 2.74. The molecule has 4 nitrogen and oxygen atoms in total. The Hall–Kier alpha value is -8.55. The van der Waals surface area contributed by atoms with Crippen LogP contribution < -0.4 is 20.7 Å². The summed E-state index contributed by atoms with van der Waals surface area (Å²) in [4.78, 5) is 14.4. The van der Waals surface area contributed by atoms with Crippen LogP contribution in [0.5, 0.6) is 0 Å². The van der Waals surface area contributed by atoms with Crippen molar-refractivity contribution >= 4 is 82.1 Å². The van der Waals surface area contributed by atoms with Gasteiger partial charge in [0.05, 0.1) is 48.2 Å². The first-order valence-corrected chi connectivity index (χ1v) is 24.3. The van der Waals surface area contributed by atoms with E-state index in [4.69, 9.17) is 34.1 Å². The van der Waals surface area contributed by atoms with Gasteiger partial charge in [-0.1, -0.05) is 218 Å². The van der Waals surface area contributed by atoms with Crippen LogP contribution in [0.25, 0.3) is 93.0 Å². The monoisotopic (exact) mass is 937 g/mol. The fourth-order valence-electron chi connectivity index (χ4n) is 9.04. The first kappa shape index (κ1) is 23.4. The van der Waals surface area contributed by atoms with Crippen LogP contribution in [0.4, 0.5) is 0 Å². The van der Waals surface area contributed by atoms with Crippen molar-refractivity contribution in [1.82, 2.24) is 19.5 Å². The lowest BCUT2D eigenvalue weighted by Gasteiger charge is -2.34. The van der Waals surface area contributed by atoms with Gasteiger partial charge < -0.3 is 4.57 Å². The number of benzene rings is 10. The van der Waals surface area contributed by atoms with Gasteiger partial charge >= 0.3 is 0 Å². The van der Waals surface area contributed by atoms with E-state index in [-0.39, 0.29) is 31.6 Å². The topological polar surface area (TPSA) is 43.6 Å². The molecule has 324 valence electrons. The molecule has 3 aromatic heterocycles. The largest absolute Gasteiger partial charge is 0.309 e. The van der Waals surface area contributed by atoms with E-state index in [1.807, 2.05) is 66.7 Å². The maximum atomic E-state index is 9.81. The summed E-state index contributed by atoms with van der Waals surface area (Å²) in [6.45, 7) is 0. The molecule has 13 aromatic rings. The van der Waals surface area contributed by atoms with E-state index < -0.39 is 208 Å². The summed E-state index contributed by atoms with van der Waals surface area (Å²) >= 11 is 0.739. The van der Waals surface area contributed by atoms with Gasteiger partial charge in [-0.2, -0.15) is 0 Å². The maximum Gasteiger partial charge on any atom is 0.179 e. The Balaban J connectivity index is 1.15. The second-order valence-corrected chi connectivity index (χ2v) is 20.6. The SMILES string of the molecule is [2H]c1c([2H])c([2H])c(-n2c3c([2H])c([2H])c([2H])c([2H])c3c3c([2H])c([2H])c([2H])c([2H])c32)c(-c2nc(-c3ccc([Si](c4ccccc4)(c4ccccc4)c4ccccc4)cc3)nc(-c3c([2H])c([2H])c(-c4c([2H])c([2H])c([2H])c5sc6c([2H])c([2H])c([2H])c([2H])c6c45)c([2H])c3[2H])n2)c1[2H]. The Morgan fingerprint density at radius 1 is 0.362 bits per heavy atom. The molecule has 10 aromatic carbocycles. The van der Waals surface area contributed by atoms with Gasteiger partial charge in [-0.3, -0.25) is 0 Å². The number of hydrogen-bond donors (Lipinski definition) is 0. The maximum absolute atomic E-state index is 9.81. The highest BCUT2D eigenvalue weighted by Crippen LogP contribution is 2.41. The summed E-state index contributed by atoms with van der Waals surface area (Å²) in [6.07, 6.45) is 0. The van der Waals surface area contributed by atoms with Gasteiger partial charge in [0.2, 0.25) is 0 Å². The van der Waals surface area contributed by atoms with E-state index in [9.17, 15) is 12.3 Å². The van der Waals surface area contributed by atoms with Crippen LogP contribution in [-0.2, 0) is 0 Å². The summed E-state index contributed by atoms with van der Waals surface area (Å²) in [6, 6.07) is 19.4. The summed E-state index contributed by atoms with van der Waals surface area (Å²) in [7, 11) is -3.22.